The molecule has 8 heteroatoms. The van der Waals surface area contributed by atoms with E-state index in [1.54, 1.807) is 0 Å². The summed E-state index contributed by atoms with van der Waals surface area (Å²) in [6.45, 7) is 2.99. The number of nitrogens with one attached hydrogen (secondary N) is 1. The highest BCUT2D eigenvalue weighted by Crippen LogP contribution is 2.44. The number of carbonyl (C=O) groups excluding carboxylic acids is 2. The summed E-state index contributed by atoms with van der Waals surface area (Å²) in [5.41, 5.74) is 3.39. The smallest absolute Gasteiger partial charge is 0.411 e. The molecular weight excluding hydrogens is 468 g/mol. The second-order valence-electron chi connectivity index (χ2n) is 8.87. The Morgan fingerprint density at radius 2 is 1.57 bits per heavy atom. The SMILES string of the molecule is CN(C(=O)c1ccc(Cl)c(NC(=O)OCC2c3ccccc3-c3ccccc32)c1)C(C)(C)C(=O)O. The van der Waals surface area contributed by atoms with Crippen molar-refractivity contribution in [3.63, 3.8) is 0 Å². The summed E-state index contributed by atoms with van der Waals surface area (Å²) < 4.78 is 5.55. The van der Waals surface area contributed by atoms with E-state index in [9.17, 15) is 19.5 Å². The standard InChI is InChI=1S/C27H25ClN2O5/c1-27(2,25(32)33)30(3)24(31)16-12-13-22(28)23(14-16)29-26(34)35-15-21-19-10-6-4-8-17(19)18-9-5-7-11-20(18)21/h4-14,21H,15H2,1-3H3,(H,29,34)(H,32,33). The third-order valence-electron chi connectivity index (χ3n) is 6.46. The molecule has 0 heterocycles. The van der Waals surface area contributed by atoms with Crippen molar-refractivity contribution in [2.45, 2.75) is 25.3 Å². The number of likely N-dealkylation sites (N-methyl/N-ethyl adjacent to an activating group) is 1. The van der Waals surface area contributed by atoms with Crippen molar-refractivity contribution in [3.8, 4) is 11.1 Å². The quantitative estimate of drug-likeness (QED) is 0.464. The molecule has 2 N–H and O–H groups in total. The molecule has 7 nitrogen and oxygen atoms in total. The van der Waals surface area contributed by atoms with Crippen LogP contribution in [-0.2, 0) is 9.53 Å². The predicted molar refractivity (Wildman–Crippen MR) is 134 cm³/mol. The highest BCUT2D eigenvalue weighted by molar-refractivity contribution is 6.33. The van der Waals surface area contributed by atoms with Gasteiger partial charge >= 0.3 is 12.1 Å². The number of carboxylic acids is 1. The van der Waals surface area contributed by atoms with Gasteiger partial charge in [0.1, 0.15) is 12.1 Å². The number of carbonyl (C=O) groups is 3. The Hall–Kier alpha value is -3.84. The molecule has 1 aliphatic carbocycles. The van der Waals surface area contributed by atoms with Crippen LogP contribution in [0.1, 0.15) is 41.3 Å². The first-order chi connectivity index (χ1) is 16.6. The number of anilines is 1. The summed E-state index contributed by atoms with van der Waals surface area (Å²) in [4.78, 5) is 38.1. The van der Waals surface area contributed by atoms with Crippen molar-refractivity contribution in [3.05, 3.63) is 88.4 Å². The Kier molecular flexibility index (Phi) is 6.54. The van der Waals surface area contributed by atoms with E-state index in [0.29, 0.717) is 0 Å². The molecule has 0 spiro atoms. The van der Waals surface area contributed by atoms with Gasteiger partial charge in [-0.3, -0.25) is 10.1 Å². The number of hydrogen-bond acceptors (Lipinski definition) is 4. The minimum atomic E-state index is -1.42. The fraction of sp³-hybridized carbons (Fsp3) is 0.222. The van der Waals surface area contributed by atoms with Crippen molar-refractivity contribution in [1.29, 1.82) is 0 Å². The van der Waals surface area contributed by atoms with E-state index < -0.39 is 23.5 Å². The number of fused-ring (bicyclic) bond motifs is 3. The Morgan fingerprint density at radius 3 is 2.14 bits per heavy atom. The van der Waals surface area contributed by atoms with Crippen molar-refractivity contribution >= 4 is 35.3 Å². The summed E-state index contributed by atoms with van der Waals surface area (Å²) in [5, 5.41) is 12.2. The third kappa shape index (κ3) is 4.59. The summed E-state index contributed by atoms with van der Waals surface area (Å²) >= 11 is 6.24. The average molecular weight is 493 g/mol. The number of carboxylic acid groups (broad SMARTS) is 1. The van der Waals surface area contributed by atoms with Crippen LogP contribution in [0.4, 0.5) is 10.5 Å². The van der Waals surface area contributed by atoms with E-state index in [2.05, 4.69) is 17.4 Å². The molecule has 3 aromatic rings. The van der Waals surface area contributed by atoms with Crippen LogP contribution in [0.2, 0.25) is 5.02 Å². The van der Waals surface area contributed by atoms with Crippen LogP contribution >= 0.6 is 11.6 Å². The molecule has 0 saturated carbocycles. The zero-order valence-corrected chi connectivity index (χ0v) is 20.3. The average Bonchev–Trinajstić information content (AvgIpc) is 3.16. The summed E-state index contributed by atoms with van der Waals surface area (Å²) in [5.74, 6) is -1.76. The van der Waals surface area contributed by atoms with Gasteiger partial charge < -0.3 is 14.7 Å². The molecule has 1 aliphatic rings. The number of rotatable bonds is 6. The molecule has 0 radical (unpaired) electrons. The highest BCUT2D eigenvalue weighted by atomic mass is 35.5. The minimum absolute atomic E-state index is 0.0940. The lowest BCUT2D eigenvalue weighted by Crippen LogP contribution is -2.50. The maximum Gasteiger partial charge on any atom is 0.411 e. The molecule has 2 amide bonds. The molecular formula is C27H25ClN2O5. The topological polar surface area (TPSA) is 95.9 Å². The molecule has 35 heavy (non-hydrogen) atoms. The van der Waals surface area contributed by atoms with Crippen molar-refractivity contribution < 1.29 is 24.2 Å². The molecule has 180 valence electrons. The molecule has 0 aliphatic heterocycles. The first-order valence-electron chi connectivity index (χ1n) is 11.0. The van der Waals surface area contributed by atoms with Crippen LogP contribution in [0, 0.1) is 0 Å². The van der Waals surface area contributed by atoms with Crippen LogP contribution in [0.25, 0.3) is 11.1 Å². The Labute approximate surface area is 208 Å². The van der Waals surface area contributed by atoms with E-state index >= 15 is 0 Å². The van der Waals surface area contributed by atoms with E-state index in [1.807, 2.05) is 36.4 Å². The maximum atomic E-state index is 12.9. The molecule has 0 unspecified atom stereocenters. The monoisotopic (exact) mass is 492 g/mol. The molecule has 0 fully saturated rings. The number of ether oxygens (including phenoxy) is 1. The number of benzene rings is 3. The van der Waals surface area contributed by atoms with Gasteiger partial charge in [-0.2, -0.15) is 0 Å². The van der Waals surface area contributed by atoms with Crippen LogP contribution in [-0.4, -0.2) is 47.2 Å². The van der Waals surface area contributed by atoms with E-state index in [0.717, 1.165) is 27.2 Å². The molecule has 0 saturated heterocycles. The molecule has 0 bridgehead atoms. The number of amides is 2. The van der Waals surface area contributed by atoms with Gasteiger partial charge in [0.25, 0.3) is 5.91 Å². The summed E-state index contributed by atoms with van der Waals surface area (Å²) in [7, 11) is 1.41. The van der Waals surface area contributed by atoms with Crippen LogP contribution in [0.3, 0.4) is 0 Å². The third-order valence-corrected chi connectivity index (χ3v) is 6.79. The van der Waals surface area contributed by atoms with Gasteiger partial charge in [0.15, 0.2) is 0 Å². The van der Waals surface area contributed by atoms with Crippen LogP contribution < -0.4 is 5.32 Å². The second-order valence-corrected chi connectivity index (χ2v) is 9.28. The van der Waals surface area contributed by atoms with Gasteiger partial charge in [-0.1, -0.05) is 60.1 Å². The van der Waals surface area contributed by atoms with Gasteiger partial charge in [0, 0.05) is 18.5 Å². The zero-order chi connectivity index (χ0) is 25.3. The van der Waals surface area contributed by atoms with Gasteiger partial charge in [0.05, 0.1) is 10.7 Å². The lowest BCUT2D eigenvalue weighted by Gasteiger charge is -2.31. The summed E-state index contributed by atoms with van der Waals surface area (Å²) in [6, 6.07) is 20.4. The fourth-order valence-electron chi connectivity index (χ4n) is 4.09. The Morgan fingerprint density at radius 1 is 1.00 bits per heavy atom. The number of nitrogens with zero attached hydrogens (tertiary/aromatic N) is 1. The van der Waals surface area contributed by atoms with Crippen LogP contribution in [0.15, 0.2) is 66.7 Å². The lowest BCUT2D eigenvalue weighted by atomic mass is 9.98. The fourth-order valence-corrected chi connectivity index (χ4v) is 4.25. The Balaban J connectivity index is 1.48. The Bertz CT molecular complexity index is 1270. The molecule has 4 rings (SSSR count). The summed E-state index contributed by atoms with van der Waals surface area (Å²) in [6.07, 6.45) is -0.711. The van der Waals surface area contributed by atoms with E-state index in [4.69, 9.17) is 16.3 Å². The van der Waals surface area contributed by atoms with Crippen molar-refractivity contribution in [2.75, 3.05) is 19.0 Å². The zero-order valence-electron chi connectivity index (χ0n) is 19.5. The second kappa shape index (κ2) is 9.43. The van der Waals surface area contributed by atoms with E-state index in [1.165, 1.54) is 39.1 Å². The first kappa shape index (κ1) is 24.3. The van der Waals surface area contributed by atoms with Crippen molar-refractivity contribution in [2.24, 2.45) is 0 Å². The molecule has 3 aromatic carbocycles. The van der Waals surface area contributed by atoms with Gasteiger partial charge in [-0.15, -0.1) is 0 Å². The minimum Gasteiger partial charge on any atom is -0.480 e. The molecule has 0 atom stereocenters. The maximum absolute atomic E-state index is 12.9. The number of halogens is 1. The van der Waals surface area contributed by atoms with Gasteiger partial charge in [-0.05, 0) is 54.3 Å². The van der Waals surface area contributed by atoms with Gasteiger partial charge in [-0.25, -0.2) is 9.59 Å². The predicted octanol–water partition coefficient (Wildman–Crippen LogP) is 5.64. The van der Waals surface area contributed by atoms with Crippen molar-refractivity contribution in [1.82, 2.24) is 4.90 Å². The molecule has 0 aromatic heterocycles. The normalized spacial score (nSPS) is 12.5. The number of aliphatic carboxylic acids is 1. The first-order valence-corrected chi connectivity index (χ1v) is 11.4. The lowest BCUT2D eigenvalue weighted by molar-refractivity contribution is -0.147. The number of hydrogen-bond donors (Lipinski definition) is 2. The largest absolute Gasteiger partial charge is 0.480 e. The van der Waals surface area contributed by atoms with Gasteiger partial charge in [0.2, 0.25) is 0 Å². The van der Waals surface area contributed by atoms with E-state index in [-0.39, 0.29) is 28.8 Å². The van der Waals surface area contributed by atoms with Crippen LogP contribution in [0.5, 0.6) is 0 Å². The highest BCUT2D eigenvalue weighted by Gasteiger charge is 2.36.